The van der Waals surface area contributed by atoms with E-state index >= 15 is 0 Å². The molecule has 0 atom stereocenters. The second-order valence-electron chi connectivity index (χ2n) is 4.13. The van der Waals surface area contributed by atoms with Crippen molar-refractivity contribution in [3.8, 4) is 0 Å². The average Bonchev–Trinajstić information content (AvgIpc) is 2.29. The maximum absolute atomic E-state index is 11.3. The molecule has 0 unspecified atom stereocenters. The summed E-state index contributed by atoms with van der Waals surface area (Å²) in [5, 5.41) is 1.09. The number of halogens is 1. The molecule has 0 saturated heterocycles. The Labute approximate surface area is 108 Å². The molecule has 0 aromatic rings. The highest BCUT2D eigenvalue weighted by Gasteiger charge is 2.01. The fourth-order valence-corrected chi connectivity index (χ4v) is 1.90. The van der Waals surface area contributed by atoms with Crippen LogP contribution in [0.1, 0.15) is 64.7 Å². The third-order valence-electron chi connectivity index (χ3n) is 2.53. The van der Waals surface area contributed by atoms with Crippen LogP contribution in [-0.2, 0) is 9.53 Å². The van der Waals surface area contributed by atoms with Gasteiger partial charge in [-0.25, -0.2) is 0 Å². The van der Waals surface area contributed by atoms with Gasteiger partial charge in [0.15, 0.2) is 0 Å². The zero-order chi connectivity index (χ0) is 12.1. The summed E-state index contributed by atoms with van der Waals surface area (Å²) < 4.78 is 5.13. The van der Waals surface area contributed by atoms with Crippen molar-refractivity contribution < 1.29 is 9.53 Å². The predicted molar refractivity (Wildman–Crippen MR) is 72.0 cm³/mol. The Balaban J connectivity index is 3.11. The minimum atomic E-state index is -0.0170. The number of esters is 1. The summed E-state index contributed by atoms with van der Waals surface area (Å²) in [5.41, 5.74) is 0. The lowest BCUT2D eigenvalue weighted by Gasteiger charge is -2.04. The Morgan fingerprint density at radius 3 is 2.38 bits per heavy atom. The molecule has 0 bridgehead atoms. The van der Waals surface area contributed by atoms with Gasteiger partial charge in [-0.15, -0.1) is 0 Å². The highest BCUT2D eigenvalue weighted by Crippen LogP contribution is 2.07. The third-order valence-corrected chi connectivity index (χ3v) is 3.09. The van der Waals surface area contributed by atoms with E-state index in [1.165, 1.54) is 25.7 Å². The molecule has 0 aromatic carbocycles. The molecule has 0 rings (SSSR count). The van der Waals surface area contributed by atoms with E-state index in [0.29, 0.717) is 13.0 Å². The van der Waals surface area contributed by atoms with Gasteiger partial charge in [0, 0.05) is 11.8 Å². The molecule has 0 fully saturated rings. The van der Waals surface area contributed by atoms with E-state index in [-0.39, 0.29) is 5.97 Å². The number of carbonyl (C=O) groups is 1. The molecule has 3 heteroatoms. The van der Waals surface area contributed by atoms with Gasteiger partial charge >= 0.3 is 5.97 Å². The molecule has 0 saturated carbocycles. The van der Waals surface area contributed by atoms with Gasteiger partial charge in [-0.2, -0.15) is 0 Å². The van der Waals surface area contributed by atoms with Crippen LogP contribution in [-0.4, -0.2) is 17.9 Å². The van der Waals surface area contributed by atoms with Crippen molar-refractivity contribution in [3.63, 3.8) is 0 Å². The van der Waals surface area contributed by atoms with Crippen molar-refractivity contribution in [2.75, 3.05) is 11.9 Å². The quantitative estimate of drug-likeness (QED) is 0.319. The van der Waals surface area contributed by atoms with Gasteiger partial charge < -0.3 is 4.74 Å². The minimum absolute atomic E-state index is 0.0170. The first-order chi connectivity index (χ1) is 7.81. The molecule has 0 amide bonds. The second-order valence-corrected chi connectivity index (χ2v) is 4.93. The summed E-state index contributed by atoms with van der Waals surface area (Å²) in [4.78, 5) is 11.3. The monoisotopic (exact) mass is 292 g/mol. The van der Waals surface area contributed by atoms with Gasteiger partial charge in [0.25, 0.3) is 0 Å². The van der Waals surface area contributed by atoms with Crippen LogP contribution in [0.25, 0.3) is 0 Å². The Kier molecular flexibility index (Phi) is 13.0. The van der Waals surface area contributed by atoms with E-state index in [9.17, 15) is 4.79 Å². The molecule has 0 aliphatic rings. The summed E-state index contributed by atoms with van der Waals surface area (Å²) >= 11 is 3.41. The second kappa shape index (κ2) is 13.0. The van der Waals surface area contributed by atoms with E-state index < -0.39 is 0 Å². The summed E-state index contributed by atoms with van der Waals surface area (Å²) in [6, 6.07) is 0. The molecular formula is C13H25BrO2. The number of carbonyl (C=O) groups excluding carboxylic acids is 1. The van der Waals surface area contributed by atoms with E-state index in [2.05, 4.69) is 22.9 Å². The van der Waals surface area contributed by atoms with Gasteiger partial charge in [0.1, 0.15) is 0 Å². The lowest BCUT2D eigenvalue weighted by atomic mass is 10.1. The van der Waals surface area contributed by atoms with Gasteiger partial charge in [-0.1, -0.05) is 55.0 Å². The Hall–Kier alpha value is -0.0500. The maximum atomic E-state index is 11.3. The molecule has 2 nitrogen and oxygen atoms in total. The standard InChI is InChI=1S/C13H25BrO2/c1-2-3-9-12-16-13(15)10-7-5-4-6-8-11-14/h2-12H2,1H3. The van der Waals surface area contributed by atoms with Crippen molar-refractivity contribution in [1.29, 1.82) is 0 Å². The average molecular weight is 293 g/mol. The molecule has 16 heavy (non-hydrogen) atoms. The van der Waals surface area contributed by atoms with Crippen molar-refractivity contribution in [3.05, 3.63) is 0 Å². The number of rotatable bonds is 11. The summed E-state index contributed by atoms with van der Waals surface area (Å²) in [6.45, 7) is 2.75. The first-order valence-electron chi connectivity index (χ1n) is 6.52. The van der Waals surface area contributed by atoms with Crippen LogP contribution in [0.4, 0.5) is 0 Å². The van der Waals surface area contributed by atoms with Crippen LogP contribution < -0.4 is 0 Å². The molecule has 0 aliphatic heterocycles. The molecule has 96 valence electrons. The smallest absolute Gasteiger partial charge is 0.305 e. The third kappa shape index (κ3) is 12.0. The highest BCUT2D eigenvalue weighted by molar-refractivity contribution is 9.09. The summed E-state index contributed by atoms with van der Waals surface area (Å²) in [5.74, 6) is -0.0170. The largest absolute Gasteiger partial charge is 0.466 e. The van der Waals surface area contributed by atoms with Crippen molar-refractivity contribution in [2.45, 2.75) is 64.7 Å². The SMILES string of the molecule is CCCCCOC(=O)CCCCCCCBr. The molecule has 0 aromatic heterocycles. The summed E-state index contributed by atoms with van der Waals surface area (Å²) in [6.07, 6.45) is 9.79. The minimum Gasteiger partial charge on any atom is -0.466 e. The highest BCUT2D eigenvalue weighted by atomic mass is 79.9. The van der Waals surface area contributed by atoms with Gasteiger partial charge in [0.05, 0.1) is 6.61 Å². The lowest BCUT2D eigenvalue weighted by Crippen LogP contribution is -2.05. The van der Waals surface area contributed by atoms with E-state index in [0.717, 1.165) is 31.0 Å². The first kappa shape index (κ1) is 16.0. The van der Waals surface area contributed by atoms with Crippen molar-refractivity contribution in [2.24, 2.45) is 0 Å². The number of hydrogen-bond acceptors (Lipinski definition) is 2. The Bertz CT molecular complexity index is 160. The van der Waals surface area contributed by atoms with E-state index in [4.69, 9.17) is 4.74 Å². The Morgan fingerprint density at radius 2 is 1.69 bits per heavy atom. The van der Waals surface area contributed by atoms with Crippen LogP contribution in [0.2, 0.25) is 0 Å². The zero-order valence-corrected chi connectivity index (χ0v) is 12.1. The Morgan fingerprint density at radius 1 is 1.00 bits per heavy atom. The summed E-state index contributed by atoms with van der Waals surface area (Å²) in [7, 11) is 0. The van der Waals surface area contributed by atoms with E-state index in [1.54, 1.807) is 0 Å². The topological polar surface area (TPSA) is 26.3 Å². The fourth-order valence-electron chi connectivity index (χ4n) is 1.50. The van der Waals surface area contributed by atoms with Crippen LogP contribution in [0.3, 0.4) is 0 Å². The maximum Gasteiger partial charge on any atom is 0.305 e. The fraction of sp³-hybridized carbons (Fsp3) is 0.923. The normalized spacial score (nSPS) is 10.4. The molecular weight excluding hydrogens is 268 g/mol. The molecule has 0 radical (unpaired) electrons. The van der Waals surface area contributed by atoms with Crippen LogP contribution >= 0.6 is 15.9 Å². The van der Waals surface area contributed by atoms with Gasteiger partial charge in [0.2, 0.25) is 0 Å². The van der Waals surface area contributed by atoms with Crippen molar-refractivity contribution in [1.82, 2.24) is 0 Å². The van der Waals surface area contributed by atoms with Gasteiger partial charge in [-0.3, -0.25) is 4.79 Å². The predicted octanol–water partition coefficient (Wildman–Crippen LogP) is 4.46. The zero-order valence-electron chi connectivity index (χ0n) is 10.5. The molecule has 0 aliphatic carbocycles. The van der Waals surface area contributed by atoms with E-state index in [1.807, 2.05) is 0 Å². The number of alkyl halides is 1. The molecule has 0 spiro atoms. The molecule has 0 heterocycles. The van der Waals surface area contributed by atoms with Crippen LogP contribution in [0.15, 0.2) is 0 Å². The number of hydrogen-bond donors (Lipinski definition) is 0. The van der Waals surface area contributed by atoms with Crippen LogP contribution in [0.5, 0.6) is 0 Å². The first-order valence-corrected chi connectivity index (χ1v) is 7.65. The molecule has 0 N–H and O–H groups in total. The van der Waals surface area contributed by atoms with Crippen molar-refractivity contribution >= 4 is 21.9 Å². The van der Waals surface area contributed by atoms with Crippen LogP contribution in [0, 0.1) is 0 Å². The lowest BCUT2D eigenvalue weighted by molar-refractivity contribution is -0.143. The number of unbranched alkanes of at least 4 members (excludes halogenated alkanes) is 6. The van der Waals surface area contributed by atoms with Gasteiger partial charge in [-0.05, 0) is 19.3 Å². The number of ether oxygens (including phenoxy) is 1.